The van der Waals surface area contributed by atoms with Crippen LogP contribution in [0, 0.1) is 0 Å². The van der Waals surface area contributed by atoms with Crippen LogP contribution in [-0.4, -0.2) is 20.4 Å². The first-order valence-corrected chi connectivity index (χ1v) is 9.28. The van der Waals surface area contributed by atoms with Crippen LogP contribution in [0.25, 0.3) is 16.8 Å². The van der Waals surface area contributed by atoms with Crippen LogP contribution in [0.3, 0.4) is 0 Å². The fourth-order valence-electron chi connectivity index (χ4n) is 3.77. The summed E-state index contributed by atoms with van der Waals surface area (Å²) in [6, 6.07) is 17.8. The number of ketones is 1. The van der Waals surface area contributed by atoms with Crippen molar-refractivity contribution in [2.45, 2.75) is 18.8 Å². The Morgan fingerprint density at radius 1 is 0.963 bits per heavy atom. The average molecular weight is 374 g/mol. The molecule has 5 heteroatoms. The highest BCUT2D eigenvalue weighted by atomic mass is 35.5. The molecule has 0 saturated carbocycles. The van der Waals surface area contributed by atoms with E-state index in [4.69, 9.17) is 16.6 Å². The smallest absolute Gasteiger partial charge is 0.166 e. The first kappa shape index (κ1) is 16.2. The quantitative estimate of drug-likeness (QED) is 0.498. The zero-order valence-electron chi connectivity index (χ0n) is 14.5. The second kappa shape index (κ2) is 6.32. The third kappa shape index (κ3) is 2.82. The maximum atomic E-state index is 12.7. The van der Waals surface area contributed by atoms with E-state index >= 15 is 0 Å². The summed E-state index contributed by atoms with van der Waals surface area (Å²) in [5.41, 5.74) is 5.42. The molecule has 0 spiro atoms. The topological polar surface area (TPSA) is 47.3 Å². The molecular formula is C22H16ClN3O. The van der Waals surface area contributed by atoms with Gasteiger partial charge in [0.25, 0.3) is 0 Å². The maximum Gasteiger partial charge on any atom is 0.166 e. The number of nitrogens with zero attached hydrogens (tertiary/aromatic N) is 3. The minimum Gasteiger partial charge on any atom is -0.294 e. The molecule has 0 bridgehead atoms. The van der Waals surface area contributed by atoms with Crippen LogP contribution in [0.15, 0.2) is 67.0 Å². The first-order chi connectivity index (χ1) is 13.2. The van der Waals surface area contributed by atoms with Crippen molar-refractivity contribution in [3.05, 3.63) is 88.8 Å². The summed E-state index contributed by atoms with van der Waals surface area (Å²) in [6.07, 6.45) is 4.87. The van der Waals surface area contributed by atoms with E-state index in [1.54, 1.807) is 10.7 Å². The van der Waals surface area contributed by atoms with E-state index in [0.29, 0.717) is 17.0 Å². The Bertz CT molecular complexity index is 1150. The van der Waals surface area contributed by atoms with Crippen LogP contribution in [0.1, 0.15) is 34.0 Å². The molecule has 0 N–H and O–H groups in total. The van der Waals surface area contributed by atoms with Crippen LogP contribution in [0.5, 0.6) is 0 Å². The summed E-state index contributed by atoms with van der Waals surface area (Å²) in [5.74, 6) is 0.297. The largest absolute Gasteiger partial charge is 0.294 e. The number of fused-ring (bicyclic) bond motifs is 2. The molecular weight excluding hydrogens is 358 g/mol. The molecule has 4 nitrogen and oxygen atoms in total. The lowest BCUT2D eigenvalue weighted by Crippen LogP contribution is -2.21. The SMILES string of the molecule is O=C1CC(c2ccccc2)Cc2nc3c(-c4ccc(Cl)cc4)cnn3cc21. The van der Waals surface area contributed by atoms with Gasteiger partial charge in [-0.25, -0.2) is 9.50 Å². The third-order valence-electron chi connectivity index (χ3n) is 5.17. The number of Topliss-reactive ketones (excluding diaryl/α,β-unsaturated/α-hetero) is 1. The van der Waals surface area contributed by atoms with Crippen molar-refractivity contribution in [3.8, 4) is 11.1 Å². The van der Waals surface area contributed by atoms with Crippen LogP contribution < -0.4 is 0 Å². The molecule has 0 aliphatic heterocycles. The van der Waals surface area contributed by atoms with E-state index in [0.717, 1.165) is 28.9 Å². The number of aromatic nitrogens is 3. The maximum absolute atomic E-state index is 12.7. The molecule has 27 heavy (non-hydrogen) atoms. The van der Waals surface area contributed by atoms with Gasteiger partial charge < -0.3 is 0 Å². The number of rotatable bonds is 2. The molecule has 2 aromatic heterocycles. The van der Waals surface area contributed by atoms with Crippen LogP contribution in [-0.2, 0) is 6.42 Å². The molecule has 1 aliphatic rings. The number of benzene rings is 2. The van der Waals surface area contributed by atoms with E-state index < -0.39 is 0 Å². The van der Waals surface area contributed by atoms with Crippen LogP contribution >= 0.6 is 11.6 Å². The number of carbonyl (C=O) groups excluding carboxylic acids is 1. The average Bonchev–Trinajstić information content (AvgIpc) is 3.11. The van der Waals surface area contributed by atoms with E-state index in [9.17, 15) is 4.79 Å². The monoisotopic (exact) mass is 373 g/mol. The van der Waals surface area contributed by atoms with Gasteiger partial charge in [-0.15, -0.1) is 0 Å². The van der Waals surface area contributed by atoms with Crippen LogP contribution in [0.2, 0.25) is 5.02 Å². The second-order valence-electron chi connectivity index (χ2n) is 6.87. The zero-order valence-corrected chi connectivity index (χ0v) is 15.2. The Hall–Kier alpha value is -2.98. The molecule has 0 saturated heterocycles. The van der Waals surface area contributed by atoms with Crippen molar-refractivity contribution in [1.29, 1.82) is 0 Å². The highest BCUT2D eigenvalue weighted by Crippen LogP contribution is 2.33. The predicted molar refractivity (Wildman–Crippen MR) is 105 cm³/mol. The van der Waals surface area contributed by atoms with Gasteiger partial charge in [-0.1, -0.05) is 54.1 Å². The molecule has 132 valence electrons. The summed E-state index contributed by atoms with van der Waals surface area (Å²) in [7, 11) is 0. The first-order valence-electron chi connectivity index (χ1n) is 8.90. The Morgan fingerprint density at radius 3 is 2.52 bits per heavy atom. The Kier molecular flexibility index (Phi) is 3.80. The van der Waals surface area contributed by atoms with Crippen molar-refractivity contribution in [3.63, 3.8) is 0 Å². The molecule has 2 aromatic carbocycles. The van der Waals surface area contributed by atoms with Gasteiger partial charge >= 0.3 is 0 Å². The lowest BCUT2D eigenvalue weighted by molar-refractivity contribution is 0.0962. The molecule has 1 aliphatic carbocycles. The molecule has 0 radical (unpaired) electrons. The molecule has 1 atom stereocenters. The van der Waals surface area contributed by atoms with E-state index in [2.05, 4.69) is 17.2 Å². The zero-order chi connectivity index (χ0) is 18.4. The van der Waals surface area contributed by atoms with Gasteiger partial charge in [0.1, 0.15) is 0 Å². The van der Waals surface area contributed by atoms with Crippen molar-refractivity contribution in [2.24, 2.45) is 0 Å². The predicted octanol–water partition coefficient (Wildman–Crippen LogP) is 4.96. The fraction of sp³-hybridized carbons (Fsp3) is 0.136. The van der Waals surface area contributed by atoms with E-state index in [1.165, 1.54) is 5.56 Å². The van der Waals surface area contributed by atoms with Gasteiger partial charge in [-0.05, 0) is 35.6 Å². The van der Waals surface area contributed by atoms with Crippen molar-refractivity contribution >= 4 is 23.0 Å². The second-order valence-corrected chi connectivity index (χ2v) is 7.31. The van der Waals surface area contributed by atoms with E-state index in [1.807, 2.05) is 48.7 Å². The number of carbonyl (C=O) groups is 1. The van der Waals surface area contributed by atoms with Gasteiger partial charge in [0.2, 0.25) is 0 Å². The normalized spacial score (nSPS) is 16.5. The highest BCUT2D eigenvalue weighted by molar-refractivity contribution is 6.30. The highest BCUT2D eigenvalue weighted by Gasteiger charge is 2.28. The summed E-state index contributed by atoms with van der Waals surface area (Å²) in [5, 5.41) is 5.10. The minimum atomic E-state index is 0.128. The van der Waals surface area contributed by atoms with Gasteiger partial charge in [-0.3, -0.25) is 4.79 Å². The molecule has 4 aromatic rings. The van der Waals surface area contributed by atoms with Crippen molar-refractivity contribution in [2.75, 3.05) is 0 Å². The molecule has 5 rings (SSSR count). The van der Waals surface area contributed by atoms with Gasteiger partial charge in [-0.2, -0.15) is 5.10 Å². The summed E-state index contributed by atoms with van der Waals surface area (Å²) < 4.78 is 1.70. The lowest BCUT2D eigenvalue weighted by Gasteiger charge is -2.23. The minimum absolute atomic E-state index is 0.128. The third-order valence-corrected chi connectivity index (χ3v) is 5.42. The molecule has 0 amide bonds. The lowest BCUT2D eigenvalue weighted by atomic mass is 9.82. The Labute approximate surface area is 161 Å². The number of hydrogen-bond donors (Lipinski definition) is 0. The van der Waals surface area contributed by atoms with E-state index in [-0.39, 0.29) is 11.7 Å². The van der Waals surface area contributed by atoms with Crippen LogP contribution in [0.4, 0.5) is 0 Å². The Morgan fingerprint density at radius 2 is 1.74 bits per heavy atom. The standard InChI is InChI=1S/C22H16ClN3O/c23-17-8-6-15(7-9-17)18-12-24-26-13-19-20(25-22(18)26)10-16(11-21(19)27)14-4-2-1-3-5-14/h1-9,12-13,16H,10-11H2. The van der Waals surface area contributed by atoms with Gasteiger partial charge in [0.05, 0.1) is 17.5 Å². The molecule has 1 unspecified atom stereocenters. The van der Waals surface area contributed by atoms with Gasteiger partial charge in [0.15, 0.2) is 11.4 Å². The fourth-order valence-corrected chi connectivity index (χ4v) is 3.89. The number of hydrogen-bond acceptors (Lipinski definition) is 3. The summed E-state index contributed by atoms with van der Waals surface area (Å²) in [6.45, 7) is 0. The molecule has 2 heterocycles. The van der Waals surface area contributed by atoms with Crippen molar-refractivity contribution < 1.29 is 4.79 Å². The molecule has 0 fully saturated rings. The van der Waals surface area contributed by atoms with Gasteiger partial charge in [0, 0.05) is 23.2 Å². The summed E-state index contributed by atoms with van der Waals surface area (Å²) >= 11 is 6.00. The number of halogens is 1. The Balaban J connectivity index is 1.61. The van der Waals surface area contributed by atoms with Crippen molar-refractivity contribution in [1.82, 2.24) is 14.6 Å². The summed E-state index contributed by atoms with van der Waals surface area (Å²) in [4.78, 5) is 17.6.